The van der Waals surface area contributed by atoms with E-state index in [0.29, 0.717) is 6.42 Å². The van der Waals surface area contributed by atoms with Crippen molar-refractivity contribution in [2.75, 3.05) is 5.01 Å². The molecule has 1 unspecified atom stereocenters. The lowest BCUT2D eigenvalue weighted by atomic mass is 10.1. The molecule has 1 atom stereocenters. The summed E-state index contributed by atoms with van der Waals surface area (Å²) in [6, 6.07) is 7.81. The number of benzene rings is 1. The Labute approximate surface area is 94.7 Å². The van der Waals surface area contributed by atoms with Crippen LogP contribution < -0.4 is 10.7 Å². The Kier molecular flexibility index (Phi) is 3.01. The van der Waals surface area contributed by atoms with Gasteiger partial charge in [0.25, 0.3) is 5.91 Å². The van der Waals surface area contributed by atoms with E-state index in [-0.39, 0.29) is 11.9 Å². The summed E-state index contributed by atoms with van der Waals surface area (Å²) in [5.74, 6) is 0.0112. The van der Waals surface area contributed by atoms with E-state index in [1.54, 1.807) is 6.21 Å². The topological polar surface area (TPSA) is 58.7 Å². The molecule has 4 heteroatoms. The van der Waals surface area contributed by atoms with Gasteiger partial charge in [0.05, 0.1) is 12.1 Å². The summed E-state index contributed by atoms with van der Waals surface area (Å²) >= 11 is 0. The van der Waals surface area contributed by atoms with Crippen molar-refractivity contribution in [3.63, 3.8) is 0 Å². The number of nitrogens with zero attached hydrogens (tertiary/aromatic N) is 2. The van der Waals surface area contributed by atoms with Crippen LogP contribution in [0.3, 0.4) is 0 Å². The maximum atomic E-state index is 11.6. The third-order valence-corrected chi connectivity index (χ3v) is 2.46. The quantitative estimate of drug-likeness (QED) is 0.829. The van der Waals surface area contributed by atoms with Crippen LogP contribution in [-0.4, -0.2) is 18.2 Å². The number of carbonyl (C=O) groups is 1. The highest BCUT2D eigenvalue weighted by Crippen LogP contribution is 2.24. The van der Waals surface area contributed by atoms with E-state index in [1.807, 2.05) is 31.2 Å². The normalized spacial score (nSPS) is 16.9. The van der Waals surface area contributed by atoms with Crippen molar-refractivity contribution in [3.05, 3.63) is 29.8 Å². The second kappa shape index (κ2) is 4.45. The minimum absolute atomic E-state index is 0.0112. The van der Waals surface area contributed by atoms with Crippen LogP contribution in [0.15, 0.2) is 29.4 Å². The smallest absolute Gasteiger partial charge is 0.252 e. The van der Waals surface area contributed by atoms with Crippen molar-refractivity contribution in [3.8, 4) is 0 Å². The predicted octanol–water partition coefficient (Wildman–Crippen LogP) is 1.30. The van der Waals surface area contributed by atoms with Gasteiger partial charge in [0.1, 0.15) is 0 Å². The summed E-state index contributed by atoms with van der Waals surface area (Å²) in [5.41, 5.74) is 7.69. The van der Waals surface area contributed by atoms with Crippen LogP contribution in [-0.2, 0) is 11.2 Å². The van der Waals surface area contributed by atoms with Gasteiger partial charge < -0.3 is 5.73 Å². The molecule has 1 aliphatic heterocycles. The van der Waals surface area contributed by atoms with E-state index < -0.39 is 0 Å². The van der Waals surface area contributed by atoms with E-state index in [2.05, 4.69) is 5.10 Å². The molecule has 84 valence electrons. The number of hydrazone groups is 1. The molecule has 1 heterocycles. The zero-order chi connectivity index (χ0) is 11.5. The van der Waals surface area contributed by atoms with Gasteiger partial charge in [-0.1, -0.05) is 18.2 Å². The molecule has 1 aromatic rings. The SMILES string of the molecule is CC(N)Cc1ccccc1N1N=CCC1=O. The lowest BCUT2D eigenvalue weighted by Gasteiger charge is -2.17. The molecule has 0 fully saturated rings. The van der Waals surface area contributed by atoms with Crippen LogP contribution in [0.1, 0.15) is 18.9 Å². The van der Waals surface area contributed by atoms with Crippen LogP contribution >= 0.6 is 0 Å². The van der Waals surface area contributed by atoms with E-state index >= 15 is 0 Å². The molecule has 1 amide bonds. The molecule has 0 bridgehead atoms. The largest absolute Gasteiger partial charge is 0.328 e. The van der Waals surface area contributed by atoms with Crippen molar-refractivity contribution < 1.29 is 4.79 Å². The van der Waals surface area contributed by atoms with E-state index in [4.69, 9.17) is 5.73 Å². The van der Waals surface area contributed by atoms with E-state index in [1.165, 1.54) is 5.01 Å². The molecular weight excluding hydrogens is 202 g/mol. The number of hydrogen-bond donors (Lipinski definition) is 1. The molecular formula is C12H15N3O. The van der Waals surface area contributed by atoms with Crippen molar-refractivity contribution in [2.45, 2.75) is 25.8 Å². The number of amides is 1. The van der Waals surface area contributed by atoms with Crippen LogP contribution in [0.4, 0.5) is 5.69 Å². The molecule has 16 heavy (non-hydrogen) atoms. The summed E-state index contributed by atoms with van der Waals surface area (Å²) in [5, 5.41) is 5.53. The molecule has 0 saturated heterocycles. The van der Waals surface area contributed by atoms with Gasteiger partial charge in [-0.15, -0.1) is 0 Å². The number of para-hydroxylation sites is 1. The third-order valence-electron chi connectivity index (χ3n) is 2.46. The molecule has 0 spiro atoms. The average Bonchev–Trinajstić information content (AvgIpc) is 2.64. The minimum Gasteiger partial charge on any atom is -0.328 e. The Morgan fingerprint density at radius 1 is 1.50 bits per heavy atom. The number of carbonyl (C=O) groups excluding carboxylic acids is 1. The Morgan fingerprint density at radius 2 is 2.25 bits per heavy atom. The van der Waals surface area contributed by atoms with Crippen molar-refractivity contribution >= 4 is 17.8 Å². The average molecular weight is 217 g/mol. The van der Waals surface area contributed by atoms with Crippen molar-refractivity contribution in [2.24, 2.45) is 10.8 Å². The lowest BCUT2D eigenvalue weighted by Crippen LogP contribution is -2.23. The molecule has 1 aromatic carbocycles. The highest BCUT2D eigenvalue weighted by Gasteiger charge is 2.20. The number of anilines is 1. The Morgan fingerprint density at radius 3 is 2.88 bits per heavy atom. The number of nitrogens with two attached hydrogens (primary N) is 1. The summed E-state index contributed by atoms with van der Waals surface area (Å²) in [6.07, 6.45) is 2.76. The highest BCUT2D eigenvalue weighted by molar-refractivity contribution is 6.05. The summed E-state index contributed by atoms with van der Waals surface area (Å²) in [7, 11) is 0. The fourth-order valence-electron chi connectivity index (χ4n) is 1.78. The fraction of sp³-hybridized carbons (Fsp3) is 0.333. The Balaban J connectivity index is 2.32. The third kappa shape index (κ3) is 2.12. The van der Waals surface area contributed by atoms with Crippen LogP contribution in [0.25, 0.3) is 0 Å². The van der Waals surface area contributed by atoms with E-state index in [0.717, 1.165) is 17.7 Å². The van der Waals surface area contributed by atoms with Crippen molar-refractivity contribution in [1.82, 2.24) is 0 Å². The Bertz CT molecular complexity index is 426. The van der Waals surface area contributed by atoms with Gasteiger partial charge in [-0.3, -0.25) is 4.79 Å². The van der Waals surface area contributed by atoms with Gasteiger partial charge in [0.15, 0.2) is 0 Å². The van der Waals surface area contributed by atoms with Crippen LogP contribution in [0.2, 0.25) is 0 Å². The van der Waals surface area contributed by atoms with Gasteiger partial charge in [-0.25, -0.2) is 5.01 Å². The molecule has 4 nitrogen and oxygen atoms in total. The zero-order valence-electron chi connectivity index (χ0n) is 9.26. The molecule has 2 N–H and O–H groups in total. The van der Waals surface area contributed by atoms with Crippen LogP contribution in [0.5, 0.6) is 0 Å². The molecule has 0 aromatic heterocycles. The standard InChI is InChI=1S/C12H15N3O/c1-9(13)8-10-4-2-3-5-11(10)15-12(16)6-7-14-15/h2-5,7,9H,6,8,13H2,1H3. The summed E-state index contributed by atoms with van der Waals surface area (Å²) in [6.45, 7) is 1.95. The van der Waals surface area contributed by atoms with Gasteiger partial charge in [0.2, 0.25) is 0 Å². The highest BCUT2D eigenvalue weighted by atomic mass is 16.2. The second-order valence-electron chi connectivity index (χ2n) is 4.02. The first kappa shape index (κ1) is 10.8. The maximum absolute atomic E-state index is 11.6. The van der Waals surface area contributed by atoms with Gasteiger partial charge in [-0.2, -0.15) is 5.10 Å². The molecule has 1 aliphatic rings. The summed E-state index contributed by atoms with van der Waals surface area (Å²) < 4.78 is 0. The van der Waals surface area contributed by atoms with Crippen molar-refractivity contribution in [1.29, 1.82) is 0 Å². The lowest BCUT2D eigenvalue weighted by molar-refractivity contribution is -0.116. The van der Waals surface area contributed by atoms with Gasteiger partial charge in [-0.05, 0) is 25.0 Å². The second-order valence-corrected chi connectivity index (χ2v) is 4.02. The number of hydrogen-bond acceptors (Lipinski definition) is 3. The first-order valence-electron chi connectivity index (χ1n) is 5.37. The molecule has 0 aliphatic carbocycles. The van der Waals surface area contributed by atoms with Gasteiger partial charge in [0, 0.05) is 12.3 Å². The molecule has 0 saturated carbocycles. The monoisotopic (exact) mass is 217 g/mol. The number of rotatable bonds is 3. The molecule has 0 radical (unpaired) electrons. The molecule has 2 rings (SSSR count). The zero-order valence-corrected chi connectivity index (χ0v) is 9.26. The minimum atomic E-state index is 0.0112. The predicted molar refractivity (Wildman–Crippen MR) is 64.4 cm³/mol. The van der Waals surface area contributed by atoms with Gasteiger partial charge >= 0.3 is 0 Å². The Hall–Kier alpha value is -1.68. The first-order valence-corrected chi connectivity index (χ1v) is 5.37. The summed E-state index contributed by atoms with van der Waals surface area (Å²) in [4.78, 5) is 11.6. The maximum Gasteiger partial charge on any atom is 0.252 e. The first-order chi connectivity index (χ1) is 7.68. The fourth-order valence-corrected chi connectivity index (χ4v) is 1.78. The van der Waals surface area contributed by atoms with E-state index in [9.17, 15) is 4.79 Å². The van der Waals surface area contributed by atoms with Crippen LogP contribution in [0, 0.1) is 0 Å².